The molecule has 24 nitrogen and oxygen atoms in total. The normalized spacial score (nSPS) is 18.5. The van der Waals surface area contributed by atoms with Crippen molar-refractivity contribution in [1.82, 2.24) is 30.2 Å². The Hall–Kier alpha value is -8.32. The minimum absolute atomic E-state index is 0.0700. The lowest BCUT2D eigenvalue weighted by molar-refractivity contribution is -0.137. The van der Waals surface area contributed by atoms with Gasteiger partial charge in [-0.3, -0.25) is 38.5 Å². The van der Waals surface area contributed by atoms with Gasteiger partial charge >= 0.3 is 12.2 Å². The van der Waals surface area contributed by atoms with Gasteiger partial charge in [-0.1, -0.05) is 56.7 Å². The van der Waals surface area contributed by atoms with Gasteiger partial charge in [0.2, 0.25) is 23.6 Å². The smallest absolute Gasteiger partial charge is 0.416 e. The molecule has 5 aliphatic heterocycles. The van der Waals surface area contributed by atoms with Crippen LogP contribution < -0.4 is 45.7 Å². The summed E-state index contributed by atoms with van der Waals surface area (Å²) in [5, 5.41) is 22.1. The van der Waals surface area contributed by atoms with Crippen LogP contribution in [-0.4, -0.2) is 182 Å². The molecule has 0 aliphatic carbocycles. The van der Waals surface area contributed by atoms with Gasteiger partial charge in [0.15, 0.2) is 17.7 Å². The first-order valence-electron chi connectivity index (χ1n) is 32.0. The summed E-state index contributed by atoms with van der Waals surface area (Å²) in [4.78, 5) is 130. The average Bonchev–Trinajstić information content (AvgIpc) is 1.57. The largest absolute Gasteiger partial charge is 0.493 e. The lowest BCUT2D eigenvalue weighted by Crippen LogP contribution is -2.54. The van der Waals surface area contributed by atoms with Crippen molar-refractivity contribution in [2.45, 2.75) is 134 Å². The minimum atomic E-state index is -1.48. The number of methoxy groups -OCH3 is 1. The molecule has 9 amide bonds. The predicted molar refractivity (Wildman–Crippen MR) is 346 cm³/mol. The van der Waals surface area contributed by atoms with Crippen molar-refractivity contribution in [2.24, 2.45) is 11.7 Å². The van der Waals surface area contributed by atoms with Crippen molar-refractivity contribution in [2.75, 3.05) is 94.1 Å². The third-order valence-corrected chi connectivity index (χ3v) is 18.0. The molecule has 0 saturated carbocycles. The van der Waals surface area contributed by atoms with Gasteiger partial charge in [-0.15, -0.1) is 11.6 Å². The van der Waals surface area contributed by atoms with Crippen molar-refractivity contribution in [3.05, 3.63) is 95.6 Å². The summed E-state index contributed by atoms with van der Waals surface area (Å²) in [5.74, 6) is -1.86. The molecule has 2 saturated heterocycles. The Morgan fingerprint density at radius 3 is 2.17 bits per heavy atom. The number of nitrogens with two attached hydrogens (primary N) is 1. The fraction of sp³-hybridized carbons (Fsp3) is 0.507. The molecule has 9 rings (SSSR count). The molecule has 5 heterocycles. The number of benzene rings is 4. The van der Waals surface area contributed by atoms with Crippen LogP contribution in [0.2, 0.25) is 0 Å². The van der Waals surface area contributed by atoms with Crippen LogP contribution in [0.1, 0.15) is 125 Å². The minimum Gasteiger partial charge on any atom is -0.493 e. The number of aliphatic hydroxyl groups excluding tert-OH is 1. The molecule has 92 heavy (non-hydrogen) atoms. The van der Waals surface area contributed by atoms with Crippen LogP contribution in [0.5, 0.6) is 17.2 Å². The Morgan fingerprint density at radius 1 is 0.761 bits per heavy atom. The number of fused-ring (bicyclic) bond motifs is 5. The zero-order valence-electron chi connectivity index (χ0n) is 52.8. The summed E-state index contributed by atoms with van der Waals surface area (Å²) in [5.41, 5.74) is 8.50. The number of carbonyl (C=O) groups is 9. The molecule has 6 N–H and O–H groups in total. The second-order valence-electron chi connectivity index (χ2n) is 24.4. The van der Waals surface area contributed by atoms with Gasteiger partial charge in [-0.25, -0.2) is 14.5 Å². The zero-order valence-corrected chi connectivity index (χ0v) is 53.6. The third-order valence-electron chi connectivity index (χ3n) is 17.6. The molecule has 0 bridgehead atoms. The zero-order chi connectivity index (χ0) is 65.6. The van der Waals surface area contributed by atoms with Gasteiger partial charge in [0, 0.05) is 106 Å². The highest BCUT2D eigenvalue weighted by Gasteiger charge is 2.46. The molecule has 0 spiro atoms. The van der Waals surface area contributed by atoms with Crippen molar-refractivity contribution in [3.8, 4) is 17.2 Å². The number of carbonyl (C=O) groups excluding carboxylic acids is 9. The van der Waals surface area contributed by atoms with Crippen LogP contribution in [0.25, 0.3) is 10.8 Å². The number of nitrogens with zero attached hydrogens (tertiary/aromatic N) is 6. The fourth-order valence-electron chi connectivity index (χ4n) is 12.4. The first-order chi connectivity index (χ1) is 44.4. The molecule has 2 unspecified atom stereocenters. The number of nitrogens with one attached hydrogen (secondary N) is 3. The number of ether oxygens (including phenoxy) is 4. The van der Waals surface area contributed by atoms with Crippen LogP contribution >= 0.6 is 11.6 Å². The van der Waals surface area contributed by atoms with Gasteiger partial charge in [0.1, 0.15) is 24.4 Å². The van der Waals surface area contributed by atoms with Gasteiger partial charge in [0.05, 0.1) is 36.7 Å². The summed E-state index contributed by atoms with van der Waals surface area (Å²) in [6.45, 7) is 7.49. The number of imide groups is 1. The van der Waals surface area contributed by atoms with E-state index in [0.29, 0.717) is 125 Å². The van der Waals surface area contributed by atoms with E-state index in [1.54, 1.807) is 58.9 Å². The van der Waals surface area contributed by atoms with Crippen LogP contribution in [-0.2, 0) is 40.1 Å². The molecule has 494 valence electrons. The highest BCUT2D eigenvalue weighted by molar-refractivity contribution is 6.19. The molecule has 0 radical (unpaired) electrons. The number of aliphatic hydroxyl groups is 1. The van der Waals surface area contributed by atoms with E-state index >= 15 is 0 Å². The lowest BCUT2D eigenvalue weighted by Gasteiger charge is -2.31. The van der Waals surface area contributed by atoms with Gasteiger partial charge in [-0.2, -0.15) is 0 Å². The highest BCUT2D eigenvalue weighted by atomic mass is 35.5. The van der Waals surface area contributed by atoms with E-state index in [-0.39, 0.29) is 97.2 Å². The number of unbranched alkanes of at least 4 members (excludes halogenated alkanes) is 5. The van der Waals surface area contributed by atoms with Crippen LogP contribution in [0.4, 0.5) is 26.7 Å². The number of anilines is 3. The number of piperazine rings is 1. The quantitative estimate of drug-likeness (QED) is 0.0214. The number of hydrogen-bond donors (Lipinski definition) is 5. The number of likely N-dealkylation sites (N-methyl/N-ethyl adjacent to an activating group) is 1. The molecule has 5 aliphatic rings. The van der Waals surface area contributed by atoms with E-state index in [2.05, 4.69) is 20.9 Å². The summed E-state index contributed by atoms with van der Waals surface area (Å²) in [6.07, 6.45) is 5.70. The van der Waals surface area contributed by atoms with E-state index in [1.165, 1.54) is 31.4 Å². The summed E-state index contributed by atoms with van der Waals surface area (Å²) < 4.78 is 23.9. The fourth-order valence-corrected chi connectivity index (χ4v) is 12.7. The topological polar surface area (TPSA) is 292 Å². The first kappa shape index (κ1) is 68.1. The average molecular weight is 1290 g/mol. The number of alkyl halides is 1. The van der Waals surface area contributed by atoms with Crippen LogP contribution in [0, 0.1) is 5.92 Å². The maximum absolute atomic E-state index is 14.3. The Kier molecular flexibility index (Phi) is 23.5. The van der Waals surface area contributed by atoms with Crippen LogP contribution in [0.3, 0.4) is 0 Å². The Balaban J connectivity index is 0.791. The van der Waals surface area contributed by atoms with Gasteiger partial charge in [0.25, 0.3) is 17.7 Å². The van der Waals surface area contributed by atoms with Gasteiger partial charge in [-0.05, 0) is 118 Å². The van der Waals surface area contributed by atoms with Crippen molar-refractivity contribution >= 4 is 93.0 Å². The van der Waals surface area contributed by atoms with E-state index < -0.39 is 54.3 Å². The standard InChI is InChI=1S/C67H85ClN10O14/c1-42(2)61(72-56(79)20-7-5-13-29-76-58(81)26-27-59(76)82)63(84)71-49(18-11-12-28-69)62(83)70-45-24-22-43(23-25-45)41-91-67(88)78-51-37-55(54(89-4)36-48(51)64(85)75-30-15-19-50(75)65(78)86)90-35-14-6-8-21-57(80)77-40-44(39-68)60-47-17-10-9-16-46(47)53(38-52(60)77)92-66(87)74-33-31-73(3)32-34-74/h9-10,16-17,22-27,36-38,42,44,49-50,61,65,86H,5-8,11-15,18-21,28-35,39-41,69H2,1-4H3,(H,70,83)(H,71,84)(H,72,79)/t44-,49+,50?,61+,65?/m1/s1. The SMILES string of the molecule is COc1cc2c(cc1OCCCCCC(=O)N1C[C@@H](CCl)c3c1cc(OC(=O)N1CCN(C)CC1)c1ccccc31)N(C(=O)OCc1ccc(NC(=O)[C@H](CCCCN)NC(=O)[C@@H](NC(=O)CCCCCN3C(=O)C=CC3=O)C(C)C)cc1)C(O)C1CCCN1C2=O. The van der Waals surface area contributed by atoms with Crippen molar-refractivity contribution < 1.29 is 67.2 Å². The third kappa shape index (κ3) is 16.3. The van der Waals surface area contributed by atoms with Crippen LogP contribution in [0.15, 0.2) is 78.9 Å². The maximum atomic E-state index is 14.3. The van der Waals surface area contributed by atoms with E-state index in [4.69, 9.17) is 36.3 Å². The number of amides is 9. The molecule has 4 aromatic carbocycles. The second-order valence-corrected chi connectivity index (χ2v) is 24.7. The number of hydrogen-bond acceptors (Lipinski definition) is 16. The Bertz CT molecular complexity index is 3380. The predicted octanol–water partition coefficient (Wildman–Crippen LogP) is 7.16. The molecule has 5 atom stereocenters. The summed E-state index contributed by atoms with van der Waals surface area (Å²) in [7, 11) is 3.46. The van der Waals surface area contributed by atoms with E-state index in [9.17, 15) is 48.3 Å². The van der Waals surface area contributed by atoms with Crippen molar-refractivity contribution in [1.29, 1.82) is 0 Å². The highest BCUT2D eigenvalue weighted by Crippen LogP contribution is 2.47. The van der Waals surface area contributed by atoms with Crippen molar-refractivity contribution in [3.63, 3.8) is 0 Å². The maximum Gasteiger partial charge on any atom is 0.416 e. The molecule has 4 aromatic rings. The Morgan fingerprint density at radius 2 is 1.47 bits per heavy atom. The van der Waals surface area contributed by atoms with E-state index in [0.717, 1.165) is 39.2 Å². The Labute approximate surface area is 540 Å². The molecule has 25 heteroatoms. The molecule has 0 aromatic heterocycles. The van der Waals surface area contributed by atoms with E-state index in [1.807, 2.05) is 31.3 Å². The number of halogens is 1. The molecular weight excluding hydrogens is 1200 g/mol. The molecule has 2 fully saturated rings. The first-order valence-corrected chi connectivity index (χ1v) is 32.5. The number of rotatable bonds is 28. The van der Waals surface area contributed by atoms with Gasteiger partial charge < -0.3 is 65.3 Å². The summed E-state index contributed by atoms with van der Waals surface area (Å²) >= 11 is 6.56. The monoisotopic (exact) mass is 1290 g/mol. The lowest BCUT2D eigenvalue weighted by atomic mass is 9.95. The summed E-state index contributed by atoms with van der Waals surface area (Å²) in [6, 6.07) is 16.4. The molecular formula is C67H85ClN10O14. The second kappa shape index (κ2) is 31.8.